The topological polar surface area (TPSA) is 12.0 Å². The van der Waals surface area contributed by atoms with Crippen molar-refractivity contribution in [3.05, 3.63) is 33.0 Å². The van der Waals surface area contributed by atoms with E-state index in [1.165, 1.54) is 44.9 Å². The van der Waals surface area contributed by atoms with Crippen LogP contribution in [-0.4, -0.2) is 6.54 Å². The molecule has 2 aliphatic rings. The number of rotatable bonds is 5. The van der Waals surface area contributed by atoms with Crippen molar-refractivity contribution < 1.29 is 0 Å². The van der Waals surface area contributed by atoms with Crippen molar-refractivity contribution in [2.45, 2.75) is 57.9 Å². The molecule has 18 heavy (non-hydrogen) atoms. The molecule has 3 rings (SSSR count). The van der Waals surface area contributed by atoms with Gasteiger partial charge < -0.3 is 5.32 Å². The molecule has 98 valence electrons. The molecule has 1 N–H and O–H groups in total. The first kappa shape index (κ1) is 12.4. The molecule has 0 spiro atoms. The van der Waals surface area contributed by atoms with Gasteiger partial charge in [0.25, 0.3) is 0 Å². The monoisotopic (exact) mass is 261 g/mol. The van der Waals surface area contributed by atoms with Crippen LogP contribution in [0.15, 0.2) is 17.7 Å². The Morgan fingerprint density at radius 2 is 2.22 bits per heavy atom. The smallest absolute Gasteiger partial charge is 0.0630 e. The molecule has 0 aromatic carbocycles. The molecule has 0 bridgehead atoms. The zero-order valence-corrected chi connectivity index (χ0v) is 12.1. The Labute approximate surface area is 114 Å². The Bertz CT molecular complexity index is 422. The highest BCUT2D eigenvalue weighted by Gasteiger charge is 2.23. The highest BCUT2D eigenvalue weighted by atomic mass is 32.1. The van der Waals surface area contributed by atoms with Crippen molar-refractivity contribution in [3.8, 4) is 0 Å². The maximum atomic E-state index is 3.76. The Morgan fingerprint density at radius 1 is 1.28 bits per heavy atom. The van der Waals surface area contributed by atoms with Crippen LogP contribution in [0.5, 0.6) is 0 Å². The average Bonchev–Trinajstić information content (AvgIpc) is 3.05. The van der Waals surface area contributed by atoms with Crippen molar-refractivity contribution in [1.82, 2.24) is 5.32 Å². The zero-order valence-electron chi connectivity index (χ0n) is 11.3. The van der Waals surface area contributed by atoms with Gasteiger partial charge >= 0.3 is 0 Å². The lowest BCUT2D eigenvalue weighted by atomic mass is 10.0. The van der Waals surface area contributed by atoms with Crippen LogP contribution in [0.1, 0.15) is 60.4 Å². The van der Waals surface area contributed by atoms with Gasteiger partial charge in [0.1, 0.15) is 0 Å². The highest BCUT2D eigenvalue weighted by Crippen LogP contribution is 2.38. The van der Waals surface area contributed by atoms with Gasteiger partial charge in [0.2, 0.25) is 0 Å². The summed E-state index contributed by atoms with van der Waals surface area (Å²) in [5.41, 5.74) is 3.28. The Morgan fingerprint density at radius 3 is 2.94 bits per heavy atom. The molecule has 1 nitrogen and oxygen atoms in total. The molecule has 1 heterocycles. The van der Waals surface area contributed by atoms with E-state index >= 15 is 0 Å². The van der Waals surface area contributed by atoms with E-state index in [0.29, 0.717) is 6.04 Å². The van der Waals surface area contributed by atoms with E-state index in [4.69, 9.17) is 0 Å². The average molecular weight is 261 g/mol. The van der Waals surface area contributed by atoms with Crippen molar-refractivity contribution in [3.63, 3.8) is 0 Å². The van der Waals surface area contributed by atoms with E-state index in [2.05, 4.69) is 35.7 Å². The maximum absolute atomic E-state index is 3.76. The molecule has 0 fully saturated rings. The predicted molar refractivity (Wildman–Crippen MR) is 79.3 cm³/mol. The summed E-state index contributed by atoms with van der Waals surface area (Å²) < 4.78 is 0. The number of nitrogens with one attached hydrogen (secondary N) is 1. The number of thiophene rings is 1. The lowest BCUT2D eigenvalue weighted by molar-refractivity contribution is 0.585. The summed E-state index contributed by atoms with van der Waals surface area (Å²) in [6, 6.07) is 3.00. The summed E-state index contributed by atoms with van der Waals surface area (Å²) >= 11 is 2.06. The van der Waals surface area contributed by atoms with E-state index < -0.39 is 0 Å². The Hall–Kier alpha value is -0.600. The SMILES string of the molecule is CCCNC(C1=CCCC1)c1cc2c(s1)CCC2. The van der Waals surface area contributed by atoms with Crippen LogP contribution in [0.25, 0.3) is 0 Å². The van der Waals surface area contributed by atoms with Crippen LogP contribution in [0.2, 0.25) is 0 Å². The van der Waals surface area contributed by atoms with E-state index in [9.17, 15) is 0 Å². The fourth-order valence-electron chi connectivity index (χ4n) is 3.16. The first-order valence-corrected chi connectivity index (χ1v) is 8.24. The van der Waals surface area contributed by atoms with Crippen LogP contribution in [0, 0.1) is 0 Å². The van der Waals surface area contributed by atoms with Gasteiger partial charge in [-0.1, -0.05) is 18.6 Å². The zero-order chi connectivity index (χ0) is 12.4. The van der Waals surface area contributed by atoms with Crippen LogP contribution in [0.4, 0.5) is 0 Å². The number of allylic oxidation sites excluding steroid dienone is 1. The van der Waals surface area contributed by atoms with Crippen LogP contribution >= 0.6 is 11.3 Å². The first-order chi connectivity index (χ1) is 8.88. The summed E-state index contributed by atoms with van der Waals surface area (Å²) in [4.78, 5) is 3.23. The van der Waals surface area contributed by atoms with Gasteiger partial charge in [-0.3, -0.25) is 0 Å². The molecule has 1 aromatic rings. The van der Waals surface area contributed by atoms with Crippen molar-refractivity contribution in [2.24, 2.45) is 0 Å². The number of aryl methyl sites for hydroxylation is 2. The van der Waals surface area contributed by atoms with Crippen molar-refractivity contribution >= 4 is 11.3 Å². The molecule has 2 aliphatic carbocycles. The van der Waals surface area contributed by atoms with Crippen LogP contribution in [-0.2, 0) is 12.8 Å². The van der Waals surface area contributed by atoms with Gasteiger partial charge in [-0.15, -0.1) is 11.3 Å². The third-order valence-corrected chi connectivity index (χ3v) is 5.40. The molecule has 1 atom stereocenters. The molecule has 0 radical (unpaired) electrons. The summed E-state index contributed by atoms with van der Waals surface area (Å²) in [6.07, 6.45) is 11.6. The molecule has 0 amide bonds. The van der Waals surface area contributed by atoms with Gasteiger partial charge in [0.15, 0.2) is 0 Å². The van der Waals surface area contributed by atoms with Gasteiger partial charge in [-0.25, -0.2) is 0 Å². The minimum absolute atomic E-state index is 0.517. The van der Waals surface area contributed by atoms with E-state index in [1.807, 2.05) is 0 Å². The lowest BCUT2D eigenvalue weighted by Crippen LogP contribution is -2.22. The molecular weight excluding hydrogens is 238 g/mol. The highest BCUT2D eigenvalue weighted by molar-refractivity contribution is 7.12. The maximum Gasteiger partial charge on any atom is 0.0630 e. The second-order valence-corrected chi connectivity index (χ2v) is 6.68. The first-order valence-electron chi connectivity index (χ1n) is 7.42. The third-order valence-electron chi connectivity index (χ3n) is 4.10. The van der Waals surface area contributed by atoms with Crippen LogP contribution < -0.4 is 5.32 Å². The van der Waals surface area contributed by atoms with Gasteiger partial charge in [0, 0.05) is 9.75 Å². The molecule has 1 unspecified atom stereocenters. The normalized spacial score (nSPS) is 19.9. The number of fused-ring (bicyclic) bond motifs is 1. The van der Waals surface area contributed by atoms with Crippen molar-refractivity contribution in [1.29, 1.82) is 0 Å². The van der Waals surface area contributed by atoms with Crippen LogP contribution in [0.3, 0.4) is 0 Å². The summed E-state index contributed by atoms with van der Waals surface area (Å²) in [6.45, 7) is 3.38. The fourth-order valence-corrected chi connectivity index (χ4v) is 4.53. The van der Waals surface area contributed by atoms with Crippen molar-refractivity contribution in [2.75, 3.05) is 6.54 Å². The van der Waals surface area contributed by atoms with E-state index in [0.717, 1.165) is 6.54 Å². The van der Waals surface area contributed by atoms with Gasteiger partial charge in [-0.05, 0) is 63.1 Å². The van der Waals surface area contributed by atoms with E-state index in [1.54, 1.807) is 20.9 Å². The standard InChI is InChI=1S/C16H23NS/c1-2-10-17-16(12-6-3-4-7-12)15-11-13-8-5-9-14(13)18-15/h6,11,16-17H,2-5,7-10H2,1H3. The number of hydrogen-bond acceptors (Lipinski definition) is 2. The summed E-state index contributed by atoms with van der Waals surface area (Å²) in [5.74, 6) is 0. The molecule has 0 saturated carbocycles. The Kier molecular flexibility index (Phi) is 3.86. The molecule has 0 aliphatic heterocycles. The van der Waals surface area contributed by atoms with E-state index in [-0.39, 0.29) is 0 Å². The fraction of sp³-hybridized carbons (Fsp3) is 0.625. The van der Waals surface area contributed by atoms with Gasteiger partial charge in [0.05, 0.1) is 6.04 Å². The molecule has 1 aromatic heterocycles. The summed E-state index contributed by atoms with van der Waals surface area (Å²) in [5, 5.41) is 3.76. The molecular formula is C16H23NS. The number of hydrogen-bond donors (Lipinski definition) is 1. The minimum Gasteiger partial charge on any atom is -0.306 e. The largest absolute Gasteiger partial charge is 0.306 e. The summed E-state index contributed by atoms with van der Waals surface area (Å²) in [7, 11) is 0. The molecule has 0 saturated heterocycles. The Balaban J connectivity index is 1.82. The predicted octanol–water partition coefficient (Wildman–Crippen LogP) is 4.39. The minimum atomic E-state index is 0.517. The third kappa shape index (κ3) is 2.41. The second-order valence-electron chi connectivity index (χ2n) is 5.51. The van der Waals surface area contributed by atoms with Gasteiger partial charge in [-0.2, -0.15) is 0 Å². The quantitative estimate of drug-likeness (QED) is 0.775. The second kappa shape index (κ2) is 5.58. The lowest BCUT2D eigenvalue weighted by Gasteiger charge is -2.19. The molecule has 2 heteroatoms.